The molecule has 6 nitrogen and oxygen atoms in total. The van der Waals surface area contributed by atoms with Gasteiger partial charge in [0.25, 0.3) is 0 Å². The van der Waals surface area contributed by atoms with E-state index in [0.29, 0.717) is 5.75 Å². The van der Waals surface area contributed by atoms with Gasteiger partial charge in [-0.15, -0.1) is 0 Å². The molecule has 0 bridgehead atoms. The molecule has 0 saturated heterocycles. The van der Waals surface area contributed by atoms with Crippen LogP contribution in [0.2, 0.25) is 0 Å². The molecule has 0 spiro atoms. The Kier molecular flexibility index (Phi) is 4.66. The minimum absolute atomic E-state index is 0.214. The molecule has 4 rings (SSSR count). The van der Waals surface area contributed by atoms with E-state index in [2.05, 4.69) is 0 Å². The number of ether oxygens (including phenoxy) is 2. The van der Waals surface area contributed by atoms with Gasteiger partial charge in [-0.1, -0.05) is 60.2 Å². The zero-order chi connectivity index (χ0) is 20.6. The largest absolute Gasteiger partial charge is 0.517 e. The highest BCUT2D eigenvalue weighted by Gasteiger charge is 2.49. The van der Waals surface area contributed by atoms with Crippen molar-refractivity contribution in [2.45, 2.75) is 19.6 Å². The van der Waals surface area contributed by atoms with E-state index in [1.165, 1.54) is 0 Å². The lowest BCUT2D eigenvalue weighted by Crippen LogP contribution is -2.42. The van der Waals surface area contributed by atoms with Gasteiger partial charge in [0.15, 0.2) is 5.78 Å². The maximum Gasteiger partial charge on any atom is 0.517 e. The predicted molar refractivity (Wildman–Crippen MR) is 104 cm³/mol. The lowest BCUT2D eigenvalue weighted by Gasteiger charge is -2.35. The first-order chi connectivity index (χ1) is 14.0. The molecule has 3 aromatic carbocycles. The smallest absolute Gasteiger partial charge is 0.395 e. The minimum atomic E-state index is -2.03. The Morgan fingerprint density at radius 3 is 2.34 bits per heavy atom. The Hall–Kier alpha value is -3.48. The molecule has 1 N–H and O–H groups in total. The van der Waals surface area contributed by atoms with Gasteiger partial charge < -0.3 is 9.47 Å². The summed E-state index contributed by atoms with van der Waals surface area (Å²) in [5.74, 6) is -1.97. The molecular formula is C23H18O6. The summed E-state index contributed by atoms with van der Waals surface area (Å²) in [7, 11) is 0. The lowest BCUT2D eigenvalue weighted by atomic mass is 9.80. The zero-order valence-electron chi connectivity index (χ0n) is 15.8. The van der Waals surface area contributed by atoms with Crippen LogP contribution in [0.25, 0.3) is 0 Å². The van der Waals surface area contributed by atoms with E-state index in [9.17, 15) is 14.8 Å². The molecule has 1 atom stereocenters. The van der Waals surface area contributed by atoms with Gasteiger partial charge in [0.05, 0.1) is 0 Å². The summed E-state index contributed by atoms with van der Waals surface area (Å²) in [5.41, 5.74) is 2.55. The number of fused-ring (bicyclic) bond motifs is 2. The summed E-state index contributed by atoms with van der Waals surface area (Å²) >= 11 is 0. The number of aryl methyl sites for hydroxylation is 2. The van der Waals surface area contributed by atoms with Crippen LogP contribution in [0.3, 0.4) is 0 Å². The van der Waals surface area contributed by atoms with Gasteiger partial charge >= 0.3 is 11.9 Å². The molecule has 29 heavy (non-hydrogen) atoms. The van der Waals surface area contributed by atoms with E-state index in [1.807, 2.05) is 13.0 Å². The van der Waals surface area contributed by atoms with Crippen LogP contribution < -0.4 is 4.74 Å². The van der Waals surface area contributed by atoms with E-state index < -0.39 is 11.9 Å². The van der Waals surface area contributed by atoms with Crippen LogP contribution in [0, 0.1) is 13.8 Å². The molecule has 1 unspecified atom stereocenters. The van der Waals surface area contributed by atoms with E-state index in [4.69, 9.17) is 14.4 Å². The molecule has 0 fully saturated rings. The molecule has 1 aliphatic rings. The summed E-state index contributed by atoms with van der Waals surface area (Å²) in [4.78, 5) is 30.4. The third kappa shape index (κ3) is 3.08. The Morgan fingerprint density at radius 2 is 1.59 bits per heavy atom. The van der Waals surface area contributed by atoms with Crippen LogP contribution in [0.1, 0.15) is 38.2 Å². The Balaban J connectivity index is 1.82. The van der Waals surface area contributed by atoms with Gasteiger partial charge in [0.1, 0.15) is 5.75 Å². The van der Waals surface area contributed by atoms with E-state index >= 15 is 0 Å². The maximum absolute atomic E-state index is 13.0. The molecule has 0 heterocycles. The summed E-state index contributed by atoms with van der Waals surface area (Å²) in [6.45, 7) is 3.62. The molecule has 0 aromatic heterocycles. The van der Waals surface area contributed by atoms with Crippen molar-refractivity contribution in [3.05, 3.63) is 100 Å². The summed E-state index contributed by atoms with van der Waals surface area (Å²) < 4.78 is 10.9. The molecule has 6 heteroatoms. The first kappa shape index (κ1) is 18.9. The number of carbonyl (C=O) groups is 2. The number of benzene rings is 3. The quantitative estimate of drug-likeness (QED) is 0.228. The SMILES string of the molecule is Cc1ccc2c(c1)C(=O)c1ccccc1C2(OO)OC(=O)Oc1ccccc1C. The van der Waals surface area contributed by atoms with Crippen molar-refractivity contribution in [3.8, 4) is 5.75 Å². The molecule has 0 amide bonds. The average Bonchev–Trinajstić information content (AvgIpc) is 2.73. The number of ketones is 1. The average molecular weight is 390 g/mol. The fourth-order valence-electron chi connectivity index (χ4n) is 3.52. The van der Waals surface area contributed by atoms with E-state index in [-0.39, 0.29) is 28.0 Å². The highest BCUT2D eigenvalue weighted by atomic mass is 17.2. The van der Waals surface area contributed by atoms with Crippen LogP contribution >= 0.6 is 0 Å². The van der Waals surface area contributed by atoms with Crippen LogP contribution in [-0.4, -0.2) is 17.2 Å². The first-order valence-electron chi connectivity index (χ1n) is 9.00. The minimum Gasteiger partial charge on any atom is -0.395 e. The summed E-state index contributed by atoms with van der Waals surface area (Å²) in [6, 6.07) is 18.4. The highest BCUT2D eigenvalue weighted by molar-refractivity contribution is 6.13. The van der Waals surface area contributed by atoms with E-state index in [1.54, 1.807) is 67.6 Å². The van der Waals surface area contributed by atoms with Crippen molar-refractivity contribution in [1.29, 1.82) is 0 Å². The fraction of sp³-hybridized carbons (Fsp3) is 0.130. The zero-order valence-corrected chi connectivity index (χ0v) is 15.8. The van der Waals surface area contributed by atoms with Gasteiger partial charge in [-0.25, -0.2) is 10.1 Å². The Morgan fingerprint density at radius 1 is 0.897 bits per heavy atom. The van der Waals surface area contributed by atoms with Crippen molar-refractivity contribution in [2.24, 2.45) is 0 Å². The third-order valence-electron chi connectivity index (χ3n) is 4.94. The van der Waals surface area contributed by atoms with Crippen molar-refractivity contribution in [1.82, 2.24) is 0 Å². The molecule has 0 aliphatic heterocycles. The third-order valence-corrected chi connectivity index (χ3v) is 4.94. The molecule has 146 valence electrons. The van der Waals surface area contributed by atoms with Crippen LogP contribution in [0.15, 0.2) is 66.7 Å². The molecule has 3 aromatic rings. The number of hydrogen-bond donors (Lipinski definition) is 1. The highest BCUT2D eigenvalue weighted by Crippen LogP contribution is 2.43. The van der Waals surface area contributed by atoms with E-state index in [0.717, 1.165) is 11.1 Å². The second-order valence-corrected chi connectivity index (χ2v) is 6.85. The number of hydrogen-bond acceptors (Lipinski definition) is 6. The van der Waals surface area contributed by atoms with Crippen molar-refractivity contribution in [3.63, 3.8) is 0 Å². The monoisotopic (exact) mass is 390 g/mol. The number of para-hydroxylation sites is 1. The fourth-order valence-corrected chi connectivity index (χ4v) is 3.52. The van der Waals surface area contributed by atoms with Crippen LogP contribution in [0.5, 0.6) is 5.75 Å². The lowest BCUT2D eigenvalue weighted by molar-refractivity contribution is -0.382. The van der Waals surface area contributed by atoms with Crippen LogP contribution in [-0.2, 0) is 15.4 Å². The van der Waals surface area contributed by atoms with Gasteiger partial charge in [0.2, 0.25) is 0 Å². The number of rotatable bonds is 3. The summed E-state index contributed by atoms with van der Waals surface area (Å²) in [5, 5.41) is 9.92. The standard InChI is InChI=1S/C23H18O6/c1-14-11-12-19-17(13-14)21(24)16-8-4-5-9-18(16)23(19,29-26)28-22(25)27-20-10-6-3-7-15(20)2/h3-13,26H,1-2H3. The maximum atomic E-state index is 13.0. The topological polar surface area (TPSA) is 82.1 Å². The molecule has 0 saturated carbocycles. The normalized spacial score (nSPS) is 17.3. The van der Waals surface area contributed by atoms with Crippen molar-refractivity contribution >= 4 is 11.9 Å². The van der Waals surface area contributed by atoms with Gasteiger partial charge in [-0.2, -0.15) is 4.89 Å². The first-order valence-corrected chi connectivity index (χ1v) is 9.00. The van der Waals surface area contributed by atoms with Gasteiger partial charge in [-0.05, 0) is 31.5 Å². The second-order valence-electron chi connectivity index (χ2n) is 6.85. The van der Waals surface area contributed by atoms with Crippen molar-refractivity contribution in [2.75, 3.05) is 0 Å². The predicted octanol–water partition coefficient (Wildman–Crippen LogP) is 4.75. The second kappa shape index (κ2) is 7.16. The Bertz CT molecular complexity index is 1120. The van der Waals surface area contributed by atoms with Crippen LogP contribution in [0.4, 0.5) is 4.79 Å². The molecule has 1 aliphatic carbocycles. The molecular weight excluding hydrogens is 372 g/mol. The van der Waals surface area contributed by atoms with Crippen molar-refractivity contribution < 1.29 is 29.2 Å². The van der Waals surface area contributed by atoms with Gasteiger partial charge in [-0.3, -0.25) is 4.79 Å². The number of carbonyl (C=O) groups excluding carboxylic acids is 2. The summed E-state index contributed by atoms with van der Waals surface area (Å²) in [6.07, 6.45) is -1.08. The molecule has 0 radical (unpaired) electrons. The van der Waals surface area contributed by atoms with Gasteiger partial charge in [0, 0.05) is 22.3 Å². The Labute approximate surface area is 167 Å².